The predicted molar refractivity (Wildman–Crippen MR) is 129 cm³/mol. The van der Waals surface area contributed by atoms with Crippen molar-refractivity contribution in [1.82, 2.24) is 9.62 Å². The molecule has 1 amide bonds. The van der Waals surface area contributed by atoms with E-state index in [0.29, 0.717) is 37.3 Å². The lowest BCUT2D eigenvalue weighted by molar-refractivity contribution is -0.126. The van der Waals surface area contributed by atoms with E-state index in [-0.39, 0.29) is 30.2 Å². The van der Waals surface area contributed by atoms with Gasteiger partial charge in [0.2, 0.25) is 15.9 Å². The third-order valence-electron chi connectivity index (χ3n) is 6.12. The first-order chi connectivity index (χ1) is 15.8. The maximum absolute atomic E-state index is 13.0. The summed E-state index contributed by atoms with van der Waals surface area (Å²) in [6.45, 7) is 2.58. The molecule has 1 heterocycles. The van der Waals surface area contributed by atoms with E-state index < -0.39 is 10.0 Å². The standard InChI is InChI=1S/C25H34N2O5S/c1-19(23-17-22(31-2)13-14-24(23)32-3)26-25(28)21-12-7-15-27(18-21)33(29,30)16-8-11-20-9-5-4-6-10-20/h4-6,9-10,13-14,17,19,21H,7-8,11-12,15-16,18H2,1-3H3,(H,26,28)/t19-,21-/m1/s1. The zero-order valence-electron chi connectivity index (χ0n) is 19.6. The molecule has 1 fully saturated rings. The quantitative estimate of drug-likeness (QED) is 0.569. The molecule has 1 saturated heterocycles. The molecule has 7 nitrogen and oxygen atoms in total. The maximum atomic E-state index is 13.0. The van der Waals surface area contributed by atoms with Gasteiger partial charge in [-0.3, -0.25) is 4.79 Å². The van der Waals surface area contributed by atoms with E-state index in [4.69, 9.17) is 9.47 Å². The highest BCUT2D eigenvalue weighted by Crippen LogP contribution is 2.30. The largest absolute Gasteiger partial charge is 0.497 e. The summed E-state index contributed by atoms with van der Waals surface area (Å²) < 4.78 is 38.0. The Morgan fingerprint density at radius 1 is 1.15 bits per heavy atom. The lowest BCUT2D eigenvalue weighted by Gasteiger charge is -2.32. The van der Waals surface area contributed by atoms with E-state index in [0.717, 1.165) is 17.5 Å². The third kappa shape index (κ3) is 6.71. The lowest BCUT2D eigenvalue weighted by atomic mass is 9.97. The molecule has 0 aliphatic carbocycles. The number of carbonyl (C=O) groups excluding carboxylic acids is 1. The smallest absolute Gasteiger partial charge is 0.224 e. The maximum Gasteiger partial charge on any atom is 0.224 e. The topological polar surface area (TPSA) is 84.9 Å². The molecule has 2 aromatic rings. The monoisotopic (exact) mass is 474 g/mol. The molecular formula is C25H34N2O5S. The van der Waals surface area contributed by atoms with Crippen molar-refractivity contribution in [1.29, 1.82) is 0 Å². The van der Waals surface area contributed by atoms with E-state index in [1.807, 2.05) is 43.3 Å². The first-order valence-corrected chi connectivity index (χ1v) is 13.0. The van der Waals surface area contributed by atoms with Crippen LogP contribution in [0.4, 0.5) is 0 Å². The minimum absolute atomic E-state index is 0.0909. The molecule has 2 atom stereocenters. The van der Waals surface area contributed by atoms with Crippen molar-refractivity contribution in [2.45, 2.75) is 38.6 Å². The second kappa shape index (κ2) is 11.5. The molecule has 33 heavy (non-hydrogen) atoms. The summed E-state index contributed by atoms with van der Waals surface area (Å²) in [6, 6.07) is 15.0. The van der Waals surface area contributed by atoms with Gasteiger partial charge in [-0.15, -0.1) is 0 Å². The number of nitrogens with zero attached hydrogens (tertiary/aromatic N) is 1. The van der Waals surface area contributed by atoms with Crippen molar-refractivity contribution in [2.24, 2.45) is 5.92 Å². The van der Waals surface area contributed by atoms with E-state index >= 15 is 0 Å². The van der Waals surface area contributed by atoms with Crippen LogP contribution in [-0.2, 0) is 21.2 Å². The van der Waals surface area contributed by atoms with Gasteiger partial charge in [0.15, 0.2) is 0 Å². The normalized spacial score (nSPS) is 17.8. The molecule has 0 unspecified atom stereocenters. The highest BCUT2D eigenvalue weighted by atomic mass is 32.2. The summed E-state index contributed by atoms with van der Waals surface area (Å²) in [5.74, 6) is 0.915. The number of piperidine rings is 1. The van der Waals surface area contributed by atoms with Gasteiger partial charge in [-0.25, -0.2) is 12.7 Å². The summed E-state index contributed by atoms with van der Waals surface area (Å²) >= 11 is 0. The van der Waals surface area contributed by atoms with E-state index in [9.17, 15) is 13.2 Å². The van der Waals surface area contributed by atoms with Crippen LogP contribution in [0.1, 0.15) is 43.4 Å². The van der Waals surface area contributed by atoms with Crippen LogP contribution in [0.2, 0.25) is 0 Å². The van der Waals surface area contributed by atoms with Gasteiger partial charge in [0.1, 0.15) is 11.5 Å². The van der Waals surface area contributed by atoms with Crippen LogP contribution < -0.4 is 14.8 Å². The summed E-state index contributed by atoms with van der Waals surface area (Å²) in [6.07, 6.45) is 2.63. The number of sulfonamides is 1. The average molecular weight is 475 g/mol. The Morgan fingerprint density at radius 3 is 2.61 bits per heavy atom. The number of ether oxygens (including phenoxy) is 2. The number of aryl methyl sites for hydroxylation is 1. The van der Waals surface area contributed by atoms with Crippen molar-refractivity contribution in [3.05, 3.63) is 59.7 Å². The Kier molecular flexibility index (Phi) is 8.74. The van der Waals surface area contributed by atoms with Gasteiger partial charge in [0, 0.05) is 18.7 Å². The van der Waals surface area contributed by atoms with Gasteiger partial charge in [-0.1, -0.05) is 30.3 Å². The second-order valence-corrected chi connectivity index (χ2v) is 10.5. The van der Waals surface area contributed by atoms with Crippen molar-refractivity contribution in [3.8, 4) is 11.5 Å². The predicted octanol–water partition coefficient (Wildman–Crippen LogP) is 3.56. The number of hydrogen-bond donors (Lipinski definition) is 1. The fourth-order valence-corrected chi connectivity index (χ4v) is 5.81. The minimum Gasteiger partial charge on any atom is -0.497 e. The molecule has 0 bridgehead atoms. The SMILES string of the molecule is COc1ccc(OC)c([C@@H](C)NC(=O)[C@@H]2CCCN(S(=O)(=O)CCCc3ccccc3)C2)c1. The van der Waals surface area contributed by atoms with Crippen molar-refractivity contribution >= 4 is 15.9 Å². The Balaban J connectivity index is 1.58. The summed E-state index contributed by atoms with van der Waals surface area (Å²) in [7, 11) is -0.230. The zero-order valence-corrected chi connectivity index (χ0v) is 20.4. The molecular weight excluding hydrogens is 440 g/mol. The minimum atomic E-state index is -3.40. The van der Waals surface area contributed by atoms with Crippen LogP contribution >= 0.6 is 0 Å². The van der Waals surface area contributed by atoms with Crippen LogP contribution in [0.25, 0.3) is 0 Å². The van der Waals surface area contributed by atoms with Crippen LogP contribution in [0.3, 0.4) is 0 Å². The van der Waals surface area contributed by atoms with E-state index in [1.165, 1.54) is 4.31 Å². The summed E-state index contributed by atoms with van der Waals surface area (Å²) in [5.41, 5.74) is 1.94. The van der Waals surface area contributed by atoms with Crippen LogP contribution in [0.15, 0.2) is 48.5 Å². The van der Waals surface area contributed by atoms with E-state index in [1.54, 1.807) is 26.4 Å². The van der Waals surface area contributed by atoms with Gasteiger partial charge >= 0.3 is 0 Å². The van der Waals surface area contributed by atoms with Gasteiger partial charge in [0.05, 0.1) is 31.9 Å². The van der Waals surface area contributed by atoms with Crippen LogP contribution in [0.5, 0.6) is 11.5 Å². The summed E-state index contributed by atoms with van der Waals surface area (Å²) in [5, 5.41) is 3.03. The fourth-order valence-electron chi connectivity index (χ4n) is 4.23. The Labute approximate surface area is 197 Å². The molecule has 0 spiro atoms. The molecule has 0 saturated carbocycles. The molecule has 0 radical (unpaired) electrons. The molecule has 0 aromatic heterocycles. The number of amides is 1. The highest BCUT2D eigenvalue weighted by Gasteiger charge is 2.32. The van der Waals surface area contributed by atoms with E-state index in [2.05, 4.69) is 5.32 Å². The zero-order chi connectivity index (χ0) is 23.8. The fraction of sp³-hybridized carbons (Fsp3) is 0.480. The van der Waals surface area contributed by atoms with Crippen LogP contribution in [-0.4, -0.2) is 51.7 Å². The number of methoxy groups -OCH3 is 2. The van der Waals surface area contributed by atoms with Gasteiger partial charge in [0.25, 0.3) is 0 Å². The van der Waals surface area contributed by atoms with Crippen molar-refractivity contribution in [2.75, 3.05) is 33.1 Å². The molecule has 1 aliphatic heterocycles. The Hall–Kier alpha value is -2.58. The Morgan fingerprint density at radius 2 is 1.91 bits per heavy atom. The molecule has 1 aliphatic rings. The second-order valence-electron chi connectivity index (χ2n) is 8.44. The van der Waals surface area contributed by atoms with Crippen LogP contribution in [0, 0.1) is 5.92 Å². The number of carbonyl (C=O) groups is 1. The van der Waals surface area contributed by atoms with Gasteiger partial charge in [-0.05, 0) is 56.4 Å². The summed E-state index contributed by atoms with van der Waals surface area (Å²) in [4.78, 5) is 13.0. The first-order valence-electron chi connectivity index (χ1n) is 11.4. The number of benzene rings is 2. The molecule has 3 rings (SSSR count). The number of nitrogens with one attached hydrogen (secondary N) is 1. The van der Waals surface area contributed by atoms with Gasteiger partial charge < -0.3 is 14.8 Å². The molecule has 8 heteroatoms. The molecule has 2 aromatic carbocycles. The van der Waals surface area contributed by atoms with Crippen molar-refractivity contribution in [3.63, 3.8) is 0 Å². The van der Waals surface area contributed by atoms with Crippen molar-refractivity contribution < 1.29 is 22.7 Å². The number of hydrogen-bond acceptors (Lipinski definition) is 5. The molecule has 180 valence electrons. The third-order valence-corrected chi connectivity index (χ3v) is 8.04. The Bertz CT molecular complexity index is 1030. The average Bonchev–Trinajstić information content (AvgIpc) is 2.84. The number of rotatable bonds is 10. The van der Waals surface area contributed by atoms with Gasteiger partial charge in [-0.2, -0.15) is 0 Å². The molecule has 1 N–H and O–H groups in total. The lowest BCUT2D eigenvalue weighted by Crippen LogP contribution is -2.46. The highest BCUT2D eigenvalue weighted by molar-refractivity contribution is 7.89. The first kappa shape index (κ1) is 25.1.